The Morgan fingerprint density at radius 3 is 3.12 bits per heavy atom. The molecule has 1 N–H and O–H groups in total. The monoisotopic (exact) mass is 257 g/mol. The molecule has 0 aliphatic rings. The largest absolute Gasteiger partial charge is 0.301 e. The lowest BCUT2D eigenvalue weighted by Gasteiger charge is -1.98. The van der Waals surface area contributed by atoms with Crippen molar-refractivity contribution in [3.63, 3.8) is 0 Å². The van der Waals surface area contributed by atoms with Crippen LogP contribution in [0.2, 0.25) is 0 Å². The first-order valence-electron chi connectivity index (χ1n) is 5.13. The van der Waals surface area contributed by atoms with Crippen LogP contribution in [0.1, 0.15) is 26.2 Å². The summed E-state index contributed by atoms with van der Waals surface area (Å²) in [5, 5.41) is 11.2. The van der Waals surface area contributed by atoms with E-state index in [1.54, 1.807) is 11.8 Å². The zero-order chi connectivity index (χ0) is 11.8. The van der Waals surface area contributed by atoms with Gasteiger partial charge in [-0.1, -0.05) is 42.5 Å². The van der Waals surface area contributed by atoms with Gasteiger partial charge >= 0.3 is 0 Å². The van der Waals surface area contributed by atoms with Crippen molar-refractivity contribution < 1.29 is 4.79 Å². The van der Waals surface area contributed by atoms with Gasteiger partial charge in [0, 0.05) is 12.2 Å². The van der Waals surface area contributed by atoms with Crippen molar-refractivity contribution in [1.82, 2.24) is 10.2 Å². The third kappa shape index (κ3) is 4.76. The fourth-order valence-corrected chi connectivity index (χ4v) is 2.50. The number of thioether (sulfide) groups is 1. The van der Waals surface area contributed by atoms with Crippen LogP contribution >= 0.6 is 23.1 Å². The van der Waals surface area contributed by atoms with Gasteiger partial charge in [0.05, 0.1) is 0 Å². The Morgan fingerprint density at radius 1 is 1.62 bits per heavy atom. The minimum absolute atomic E-state index is 0.0123. The number of nitrogens with zero attached hydrogens (tertiary/aromatic N) is 2. The molecule has 88 valence electrons. The summed E-state index contributed by atoms with van der Waals surface area (Å²) in [4.78, 5) is 11.4. The van der Waals surface area contributed by atoms with E-state index in [-0.39, 0.29) is 5.91 Å². The van der Waals surface area contributed by atoms with E-state index in [1.165, 1.54) is 11.3 Å². The van der Waals surface area contributed by atoms with Crippen LogP contribution in [-0.4, -0.2) is 21.9 Å². The maximum Gasteiger partial charge on any atom is 0.226 e. The van der Waals surface area contributed by atoms with Gasteiger partial charge in [0.1, 0.15) is 0 Å². The molecule has 0 aromatic carbocycles. The highest BCUT2D eigenvalue weighted by molar-refractivity contribution is 8.01. The second kappa shape index (κ2) is 7.40. The molecule has 0 spiro atoms. The second-order valence-corrected chi connectivity index (χ2v) is 5.37. The van der Waals surface area contributed by atoms with Crippen LogP contribution in [0.3, 0.4) is 0 Å². The van der Waals surface area contributed by atoms with Crippen molar-refractivity contribution in [3.8, 4) is 0 Å². The van der Waals surface area contributed by atoms with E-state index in [1.807, 2.05) is 6.08 Å². The predicted octanol–water partition coefficient (Wildman–Crippen LogP) is 2.94. The summed E-state index contributed by atoms with van der Waals surface area (Å²) < 4.78 is 0.852. The molecule has 0 bridgehead atoms. The lowest BCUT2D eigenvalue weighted by molar-refractivity contribution is -0.116. The Balaban J connectivity index is 2.39. The predicted molar refractivity (Wildman–Crippen MR) is 69.0 cm³/mol. The molecular formula is C10H15N3OS2. The number of hydrogen-bond donors (Lipinski definition) is 1. The molecule has 4 nitrogen and oxygen atoms in total. The van der Waals surface area contributed by atoms with E-state index in [2.05, 4.69) is 29.0 Å². The quantitative estimate of drug-likeness (QED) is 0.463. The van der Waals surface area contributed by atoms with Crippen molar-refractivity contribution in [2.45, 2.75) is 30.5 Å². The molecule has 0 fully saturated rings. The molecule has 1 aromatic rings. The van der Waals surface area contributed by atoms with Crippen LogP contribution in [0.5, 0.6) is 0 Å². The number of rotatable bonds is 7. The van der Waals surface area contributed by atoms with Gasteiger partial charge in [-0.25, -0.2) is 0 Å². The van der Waals surface area contributed by atoms with Crippen LogP contribution in [0.15, 0.2) is 17.0 Å². The van der Waals surface area contributed by atoms with Crippen molar-refractivity contribution in [2.75, 3.05) is 11.1 Å². The molecule has 0 atom stereocenters. The number of nitrogens with one attached hydrogen (secondary N) is 1. The summed E-state index contributed by atoms with van der Waals surface area (Å²) in [6.07, 6.45) is 4.28. The van der Waals surface area contributed by atoms with E-state index in [9.17, 15) is 4.79 Å². The molecule has 0 saturated carbocycles. The molecule has 0 unspecified atom stereocenters. The first-order chi connectivity index (χ1) is 7.76. The maximum atomic E-state index is 11.4. The van der Waals surface area contributed by atoms with Gasteiger partial charge in [-0.2, -0.15) is 0 Å². The topological polar surface area (TPSA) is 54.9 Å². The van der Waals surface area contributed by atoms with Gasteiger partial charge in [0.2, 0.25) is 11.0 Å². The number of amides is 1. The Morgan fingerprint density at radius 2 is 2.44 bits per heavy atom. The highest BCUT2D eigenvalue weighted by atomic mass is 32.2. The summed E-state index contributed by atoms with van der Waals surface area (Å²) in [5.74, 6) is 0.816. The normalized spacial score (nSPS) is 10.1. The first-order valence-corrected chi connectivity index (χ1v) is 6.93. The van der Waals surface area contributed by atoms with Crippen LogP contribution in [0, 0.1) is 0 Å². The Hall–Kier alpha value is -0.880. The highest BCUT2D eigenvalue weighted by Gasteiger charge is 2.07. The lowest BCUT2D eigenvalue weighted by Crippen LogP contribution is -2.10. The molecule has 16 heavy (non-hydrogen) atoms. The minimum atomic E-state index is 0.0123. The van der Waals surface area contributed by atoms with Gasteiger partial charge in [0.15, 0.2) is 4.34 Å². The van der Waals surface area contributed by atoms with E-state index >= 15 is 0 Å². The van der Waals surface area contributed by atoms with Crippen molar-refractivity contribution in [1.29, 1.82) is 0 Å². The van der Waals surface area contributed by atoms with Gasteiger partial charge in [-0.3, -0.25) is 4.79 Å². The SMILES string of the molecule is C=CCSc1nnc(NC(=O)CCCC)s1. The van der Waals surface area contributed by atoms with Gasteiger partial charge in [-0.15, -0.1) is 16.8 Å². The van der Waals surface area contributed by atoms with Gasteiger partial charge in [0.25, 0.3) is 0 Å². The number of unbranched alkanes of at least 4 members (excludes halogenated alkanes) is 1. The molecule has 0 aliphatic carbocycles. The van der Waals surface area contributed by atoms with Crippen LogP contribution in [0.25, 0.3) is 0 Å². The van der Waals surface area contributed by atoms with E-state index in [4.69, 9.17) is 0 Å². The Bertz CT molecular complexity index is 352. The number of hydrogen-bond acceptors (Lipinski definition) is 5. The summed E-state index contributed by atoms with van der Waals surface area (Å²) in [5.41, 5.74) is 0. The van der Waals surface area contributed by atoms with E-state index < -0.39 is 0 Å². The van der Waals surface area contributed by atoms with Crippen LogP contribution in [-0.2, 0) is 4.79 Å². The highest BCUT2D eigenvalue weighted by Crippen LogP contribution is 2.25. The second-order valence-electron chi connectivity index (χ2n) is 3.12. The van der Waals surface area contributed by atoms with Crippen LogP contribution in [0.4, 0.5) is 5.13 Å². The molecule has 1 aromatic heterocycles. The van der Waals surface area contributed by atoms with E-state index in [0.717, 1.165) is 22.9 Å². The molecule has 1 rings (SSSR count). The van der Waals surface area contributed by atoms with Gasteiger partial charge < -0.3 is 5.32 Å². The summed E-state index contributed by atoms with van der Waals surface area (Å²) in [6.45, 7) is 5.69. The smallest absolute Gasteiger partial charge is 0.226 e. The molecule has 1 amide bonds. The average molecular weight is 257 g/mol. The fraction of sp³-hybridized carbons (Fsp3) is 0.500. The maximum absolute atomic E-state index is 11.4. The fourth-order valence-electron chi connectivity index (χ4n) is 0.968. The van der Waals surface area contributed by atoms with Crippen molar-refractivity contribution in [2.24, 2.45) is 0 Å². The van der Waals surface area contributed by atoms with Crippen molar-refractivity contribution in [3.05, 3.63) is 12.7 Å². The summed E-state index contributed by atoms with van der Waals surface area (Å²) in [7, 11) is 0. The Labute approximate surface area is 104 Å². The molecule has 0 aliphatic heterocycles. The zero-order valence-corrected chi connectivity index (χ0v) is 10.9. The number of anilines is 1. The molecule has 1 heterocycles. The Kier molecular flexibility index (Phi) is 6.10. The van der Waals surface area contributed by atoms with Crippen LogP contribution < -0.4 is 5.32 Å². The summed E-state index contributed by atoms with van der Waals surface area (Å²) in [6, 6.07) is 0. The molecular weight excluding hydrogens is 242 g/mol. The average Bonchev–Trinajstić information content (AvgIpc) is 2.71. The number of carbonyl (C=O) groups is 1. The third-order valence-electron chi connectivity index (χ3n) is 1.73. The number of carbonyl (C=O) groups excluding carboxylic acids is 1. The summed E-state index contributed by atoms with van der Waals surface area (Å²) >= 11 is 2.96. The lowest BCUT2D eigenvalue weighted by atomic mass is 10.2. The minimum Gasteiger partial charge on any atom is -0.301 e. The first kappa shape index (κ1) is 13.2. The number of aromatic nitrogens is 2. The van der Waals surface area contributed by atoms with Crippen molar-refractivity contribution >= 4 is 34.1 Å². The third-order valence-corrected chi connectivity index (χ3v) is 3.70. The zero-order valence-electron chi connectivity index (χ0n) is 9.23. The molecule has 6 heteroatoms. The van der Waals surface area contributed by atoms with Gasteiger partial charge in [-0.05, 0) is 6.42 Å². The standard InChI is InChI=1S/C10H15N3OS2/c1-3-5-6-8(14)11-9-12-13-10(16-9)15-7-4-2/h4H,2-3,5-7H2,1H3,(H,11,12,14). The van der Waals surface area contributed by atoms with E-state index in [0.29, 0.717) is 11.6 Å². The molecule has 0 saturated heterocycles. The molecule has 0 radical (unpaired) electrons.